The van der Waals surface area contributed by atoms with Crippen molar-refractivity contribution in [1.82, 2.24) is 0 Å². The molecule has 17 heavy (non-hydrogen) atoms. The monoisotopic (exact) mass is 229 g/mol. The number of benzene rings is 1. The highest BCUT2D eigenvalue weighted by Crippen LogP contribution is 2.24. The Morgan fingerprint density at radius 2 is 2.06 bits per heavy atom. The van der Waals surface area contributed by atoms with E-state index in [1.54, 1.807) is 0 Å². The SMILES string of the molecule is C=C(C#N)C(OC(C)=O)c1ccc(CC)cc1. The van der Waals surface area contributed by atoms with Gasteiger partial charge < -0.3 is 4.74 Å². The molecule has 0 aliphatic heterocycles. The second kappa shape index (κ2) is 5.86. The summed E-state index contributed by atoms with van der Waals surface area (Å²) in [6.07, 6.45) is 0.265. The van der Waals surface area contributed by atoms with Gasteiger partial charge in [-0.05, 0) is 17.5 Å². The van der Waals surface area contributed by atoms with Gasteiger partial charge in [0.25, 0.3) is 0 Å². The van der Waals surface area contributed by atoms with Crippen molar-refractivity contribution in [3.63, 3.8) is 0 Å². The molecule has 0 amide bonds. The van der Waals surface area contributed by atoms with Crippen LogP contribution in [0.2, 0.25) is 0 Å². The molecule has 3 nitrogen and oxygen atoms in total. The van der Waals surface area contributed by atoms with E-state index in [2.05, 4.69) is 13.5 Å². The summed E-state index contributed by atoms with van der Waals surface area (Å²) in [7, 11) is 0. The maximum absolute atomic E-state index is 11.0. The fourth-order valence-electron chi connectivity index (χ4n) is 1.49. The number of carbonyl (C=O) groups excluding carboxylic acids is 1. The second-order valence-corrected chi connectivity index (χ2v) is 3.72. The fourth-order valence-corrected chi connectivity index (χ4v) is 1.49. The first-order chi connectivity index (χ1) is 8.08. The Kier molecular flexibility index (Phi) is 4.47. The summed E-state index contributed by atoms with van der Waals surface area (Å²) >= 11 is 0. The first kappa shape index (κ1) is 13.0. The molecule has 0 radical (unpaired) electrons. The molecule has 0 spiro atoms. The molecule has 1 aromatic carbocycles. The number of ether oxygens (including phenoxy) is 1. The fraction of sp³-hybridized carbons (Fsp3) is 0.286. The molecule has 1 aromatic rings. The van der Waals surface area contributed by atoms with Crippen molar-refractivity contribution >= 4 is 5.97 Å². The van der Waals surface area contributed by atoms with Crippen LogP contribution in [0.25, 0.3) is 0 Å². The van der Waals surface area contributed by atoms with Gasteiger partial charge in [-0.3, -0.25) is 4.79 Å². The van der Waals surface area contributed by atoms with Gasteiger partial charge in [-0.1, -0.05) is 37.8 Å². The first-order valence-electron chi connectivity index (χ1n) is 5.43. The van der Waals surface area contributed by atoms with E-state index >= 15 is 0 Å². The van der Waals surface area contributed by atoms with Gasteiger partial charge in [0.1, 0.15) is 0 Å². The van der Waals surface area contributed by atoms with Crippen LogP contribution < -0.4 is 0 Å². The Hall–Kier alpha value is -2.08. The highest BCUT2D eigenvalue weighted by atomic mass is 16.5. The van der Waals surface area contributed by atoms with Gasteiger partial charge in [-0.2, -0.15) is 5.26 Å². The van der Waals surface area contributed by atoms with Crippen molar-refractivity contribution in [2.45, 2.75) is 26.4 Å². The van der Waals surface area contributed by atoms with Gasteiger partial charge in [0.05, 0.1) is 11.6 Å². The van der Waals surface area contributed by atoms with Gasteiger partial charge in [-0.25, -0.2) is 0 Å². The standard InChI is InChI=1S/C14H15NO2/c1-4-12-5-7-13(8-6-12)14(10(2)9-15)17-11(3)16/h5-8,14H,2,4H2,1,3H3. The zero-order valence-electron chi connectivity index (χ0n) is 10.1. The van der Waals surface area contributed by atoms with Gasteiger partial charge in [-0.15, -0.1) is 0 Å². The molecule has 0 bridgehead atoms. The average molecular weight is 229 g/mol. The molecule has 0 saturated heterocycles. The number of hydrogen-bond donors (Lipinski definition) is 0. The lowest BCUT2D eigenvalue weighted by molar-refractivity contribution is -0.144. The van der Waals surface area contributed by atoms with Gasteiger partial charge in [0, 0.05) is 6.92 Å². The lowest BCUT2D eigenvalue weighted by Gasteiger charge is -2.16. The van der Waals surface area contributed by atoms with Crippen LogP contribution in [-0.2, 0) is 16.0 Å². The van der Waals surface area contributed by atoms with E-state index in [4.69, 9.17) is 10.00 Å². The summed E-state index contributed by atoms with van der Waals surface area (Å²) in [4.78, 5) is 11.0. The molecule has 0 aliphatic carbocycles. The smallest absolute Gasteiger partial charge is 0.303 e. The summed E-state index contributed by atoms with van der Waals surface area (Å²) in [5.74, 6) is -0.425. The number of aryl methyl sites for hydroxylation is 1. The van der Waals surface area contributed by atoms with Crippen LogP contribution in [0.5, 0.6) is 0 Å². The molecule has 88 valence electrons. The molecule has 0 heterocycles. The van der Waals surface area contributed by atoms with E-state index < -0.39 is 12.1 Å². The van der Waals surface area contributed by atoms with Crippen molar-refractivity contribution in [2.75, 3.05) is 0 Å². The van der Waals surface area contributed by atoms with E-state index in [9.17, 15) is 4.79 Å². The summed E-state index contributed by atoms with van der Waals surface area (Å²) in [6.45, 7) is 6.99. The molecule has 3 heteroatoms. The largest absolute Gasteiger partial charge is 0.452 e. The number of rotatable bonds is 4. The van der Waals surface area contributed by atoms with Crippen LogP contribution >= 0.6 is 0 Å². The number of nitriles is 1. The van der Waals surface area contributed by atoms with Gasteiger partial charge >= 0.3 is 5.97 Å². The van der Waals surface area contributed by atoms with Crippen molar-refractivity contribution < 1.29 is 9.53 Å². The molecular weight excluding hydrogens is 214 g/mol. The zero-order chi connectivity index (χ0) is 12.8. The highest BCUT2D eigenvalue weighted by Gasteiger charge is 2.18. The Bertz CT molecular complexity index is 454. The van der Waals surface area contributed by atoms with E-state index in [-0.39, 0.29) is 5.57 Å². The third kappa shape index (κ3) is 3.46. The van der Waals surface area contributed by atoms with Crippen LogP contribution in [0.1, 0.15) is 31.1 Å². The molecular formula is C14H15NO2. The normalized spacial score (nSPS) is 11.4. The quantitative estimate of drug-likeness (QED) is 0.589. The van der Waals surface area contributed by atoms with E-state index in [0.717, 1.165) is 12.0 Å². The summed E-state index contributed by atoms with van der Waals surface area (Å²) < 4.78 is 5.10. The van der Waals surface area contributed by atoms with Crippen LogP contribution in [0, 0.1) is 11.3 Å². The maximum Gasteiger partial charge on any atom is 0.303 e. The van der Waals surface area contributed by atoms with Crippen LogP contribution in [-0.4, -0.2) is 5.97 Å². The highest BCUT2D eigenvalue weighted by molar-refractivity contribution is 5.67. The molecule has 0 aliphatic rings. The van der Waals surface area contributed by atoms with Gasteiger partial charge in [0.2, 0.25) is 0 Å². The van der Waals surface area contributed by atoms with Crippen molar-refractivity contribution in [1.29, 1.82) is 5.26 Å². The Morgan fingerprint density at radius 3 is 2.47 bits per heavy atom. The summed E-state index contributed by atoms with van der Waals surface area (Å²) in [6, 6.07) is 9.55. The van der Waals surface area contributed by atoms with Crippen molar-refractivity contribution in [3.8, 4) is 6.07 Å². The molecule has 0 N–H and O–H groups in total. The van der Waals surface area contributed by atoms with Crippen molar-refractivity contribution in [3.05, 3.63) is 47.5 Å². The van der Waals surface area contributed by atoms with Gasteiger partial charge in [0.15, 0.2) is 6.10 Å². The number of hydrogen-bond acceptors (Lipinski definition) is 3. The molecule has 0 saturated carbocycles. The molecule has 1 atom stereocenters. The Balaban J connectivity index is 3.00. The number of carbonyl (C=O) groups is 1. The molecule has 0 aromatic heterocycles. The predicted octanol–water partition coefficient (Wildman–Crippen LogP) is 2.93. The van der Waals surface area contributed by atoms with E-state index in [0.29, 0.717) is 0 Å². The van der Waals surface area contributed by atoms with Crippen LogP contribution in [0.15, 0.2) is 36.4 Å². The minimum atomic E-state index is -0.677. The van der Waals surface area contributed by atoms with Crippen LogP contribution in [0.4, 0.5) is 0 Å². The minimum absolute atomic E-state index is 0.226. The van der Waals surface area contributed by atoms with E-state index in [1.165, 1.54) is 12.5 Å². The second-order valence-electron chi connectivity index (χ2n) is 3.72. The molecule has 1 unspecified atom stereocenters. The third-order valence-electron chi connectivity index (χ3n) is 2.43. The van der Waals surface area contributed by atoms with Crippen LogP contribution in [0.3, 0.4) is 0 Å². The van der Waals surface area contributed by atoms with E-state index in [1.807, 2.05) is 30.3 Å². The minimum Gasteiger partial charge on any atom is -0.452 e. The Morgan fingerprint density at radius 1 is 1.47 bits per heavy atom. The topological polar surface area (TPSA) is 50.1 Å². The lowest BCUT2D eigenvalue weighted by Crippen LogP contribution is -2.10. The first-order valence-corrected chi connectivity index (χ1v) is 5.43. The molecule has 1 rings (SSSR count). The number of esters is 1. The van der Waals surface area contributed by atoms with Crippen molar-refractivity contribution in [2.24, 2.45) is 0 Å². The maximum atomic E-state index is 11.0. The zero-order valence-corrected chi connectivity index (χ0v) is 10.1. The Labute approximate surface area is 101 Å². The lowest BCUT2D eigenvalue weighted by atomic mass is 10.0. The molecule has 0 fully saturated rings. The summed E-state index contributed by atoms with van der Waals surface area (Å²) in [5, 5.41) is 8.84. The third-order valence-corrected chi connectivity index (χ3v) is 2.43. The average Bonchev–Trinajstić information content (AvgIpc) is 2.35. The number of nitrogens with zero attached hydrogens (tertiary/aromatic N) is 1. The summed E-state index contributed by atoms with van der Waals surface area (Å²) in [5.41, 5.74) is 2.19. The predicted molar refractivity (Wildman–Crippen MR) is 65.1 cm³/mol.